The predicted molar refractivity (Wildman–Crippen MR) is 149 cm³/mol. The van der Waals surface area contributed by atoms with Crippen LogP contribution >= 0.6 is 11.6 Å². The summed E-state index contributed by atoms with van der Waals surface area (Å²) in [5, 5.41) is 23.6. The molecule has 1 saturated heterocycles. The molecule has 0 radical (unpaired) electrons. The molecule has 1 aliphatic heterocycles. The third kappa shape index (κ3) is 6.28. The molecule has 1 aromatic carbocycles. The summed E-state index contributed by atoms with van der Waals surface area (Å²) in [6, 6.07) is 9.19. The second-order valence-electron chi connectivity index (χ2n) is 11.9. The van der Waals surface area contributed by atoms with Crippen LogP contribution in [0.15, 0.2) is 34.9 Å². The Bertz CT molecular complexity index is 1300. The molecule has 1 amide bonds. The Hall–Kier alpha value is -3.11. The average molecular weight is 572 g/mol. The van der Waals surface area contributed by atoms with Gasteiger partial charge >= 0.3 is 6.09 Å². The molecule has 1 aliphatic carbocycles. The van der Waals surface area contributed by atoms with Gasteiger partial charge < -0.3 is 23.7 Å². The number of aromatic nitrogens is 4. The van der Waals surface area contributed by atoms with Gasteiger partial charge in [0.2, 0.25) is 0 Å². The molecule has 3 heterocycles. The summed E-state index contributed by atoms with van der Waals surface area (Å²) in [6.45, 7) is 6.40. The van der Waals surface area contributed by atoms with E-state index in [1.165, 1.54) is 4.90 Å². The molecule has 1 N–H and O–H groups in total. The van der Waals surface area contributed by atoms with E-state index in [1.54, 1.807) is 6.07 Å². The van der Waals surface area contributed by atoms with Crippen molar-refractivity contribution in [2.75, 3.05) is 6.61 Å². The molecule has 5 rings (SSSR count). The molecular weight excluding hydrogens is 534 g/mol. The molecular formula is C29H38ClN5O5. The molecule has 2 aromatic heterocycles. The fraction of sp³-hybridized carbons (Fsp3) is 0.586. The van der Waals surface area contributed by atoms with E-state index in [0.717, 1.165) is 55.2 Å². The number of amides is 1. The van der Waals surface area contributed by atoms with Gasteiger partial charge in [0, 0.05) is 35.5 Å². The highest BCUT2D eigenvalue weighted by molar-refractivity contribution is 6.30. The first kappa shape index (κ1) is 28.4. The third-order valence-corrected chi connectivity index (χ3v) is 8.32. The van der Waals surface area contributed by atoms with Crippen LogP contribution in [0.3, 0.4) is 0 Å². The van der Waals surface area contributed by atoms with Crippen molar-refractivity contribution >= 4 is 17.7 Å². The second-order valence-corrected chi connectivity index (χ2v) is 12.3. The number of hydrogen-bond donors (Lipinski definition) is 1. The molecule has 11 heteroatoms. The normalized spacial score (nSPS) is 23.6. The van der Waals surface area contributed by atoms with E-state index in [2.05, 4.69) is 15.4 Å². The Balaban J connectivity index is 1.13. The smallest absolute Gasteiger partial charge is 0.408 e. The minimum absolute atomic E-state index is 0.170. The first-order valence-electron chi connectivity index (χ1n) is 14.0. The van der Waals surface area contributed by atoms with E-state index < -0.39 is 11.6 Å². The van der Waals surface area contributed by atoms with Crippen LogP contribution in [0, 0.1) is 0 Å². The maximum Gasteiger partial charge on any atom is 0.408 e. The molecule has 216 valence electrons. The van der Waals surface area contributed by atoms with Gasteiger partial charge in [0.1, 0.15) is 24.3 Å². The molecule has 1 saturated carbocycles. The first-order chi connectivity index (χ1) is 19.1. The topological polar surface area (TPSA) is 116 Å². The molecule has 3 aromatic rings. The Kier molecular flexibility index (Phi) is 8.37. The largest absolute Gasteiger partial charge is 0.486 e. The maximum absolute atomic E-state index is 11.8. The summed E-state index contributed by atoms with van der Waals surface area (Å²) in [5.74, 6) is 3.86. The standard InChI is InChI=1S/C29H38ClN5O5/c1-29(2,3)35(28(36)37)21-12-13-24(39-16-21)25-15-23(33-40-25)18-8-10-19(11-9-18)27-32-31-26(34(27)4)17-38-22-7-5-6-20(30)14-22/h5-7,14-15,18-19,21,24H,8-13,16-17H2,1-4H3,(H,36,37)/t18-,19-,21-,24+/m1/s1. The van der Waals surface area contributed by atoms with E-state index in [4.69, 9.17) is 25.6 Å². The van der Waals surface area contributed by atoms with Gasteiger partial charge in [-0.25, -0.2) is 4.79 Å². The predicted octanol–water partition coefficient (Wildman–Crippen LogP) is 6.48. The number of carboxylic acid groups (broad SMARTS) is 1. The van der Waals surface area contributed by atoms with E-state index in [9.17, 15) is 9.90 Å². The van der Waals surface area contributed by atoms with Gasteiger partial charge in [-0.15, -0.1) is 10.2 Å². The molecule has 2 aliphatic rings. The Morgan fingerprint density at radius 1 is 1.12 bits per heavy atom. The summed E-state index contributed by atoms with van der Waals surface area (Å²) >= 11 is 6.05. The van der Waals surface area contributed by atoms with Crippen LogP contribution in [0.4, 0.5) is 4.79 Å². The van der Waals surface area contributed by atoms with Gasteiger partial charge in [-0.05, 0) is 77.5 Å². The molecule has 0 bridgehead atoms. The molecule has 10 nitrogen and oxygen atoms in total. The minimum Gasteiger partial charge on any atom is -0.486 e. The van der Waals surface area contributed by atoms with E-state index in [1.807, 2.05) is 56.7 Å². The highest BCUT2D eigenvalue weighted by atomic mass is 35.5. The Morgan fingerprint density at radius 3 is 2.52 bits per heavy atom. The zero-order chi connectivity index (χ0) is 28.4. The van der Waals surface area contributed by atoms with Gasteiger partial charge in [0.25, 0.3) is 0 Å². The van der Waals surface area contributed by atoms with Crippen LogP contribution in [0.1, 0.15) is 100 Å². The van der Waals surface area contributed by atoms with Gasteiger partial charge in [0.05, 0.1) is 18.3 Å². The maximum atomic E-state index is 11.8. The number of rotatable bonds is 7. The number of carbonyl (C=O) groups is 1. The van der Waals surface area contributed by atoms with E-state index in [0.29, 0.717) is 42.2 Å². The number of halogens is 1. The van der Waals surface area contributed by atoms with Crippen LogP contribution in [-0.4, -0.2) is 54.2 Å². The van der Waals surface area contributed by atoms with Crippen molar-refractivity contribution in [1.29, 1.82) is 0 Å². The lowest BCUT2D eigenvalue weighted by atomic mass is 9.80. The Morgan fingerprint density at radius 2 is 1.88 bits per heavy atom. The van der Waals surface area contributed by atoms with Crippen molar-refractivity contribution < 1.29 is 23.9 Å². The third-order valence-electron chi connectivity index (χ3n) is 8.08. The molecule has 0 unspecified atom stereocenters. The quantitative estimate of drug-likeness (QED) is 0.343. The van der Waals surface area contributed by atoms with Gasteiger partial charge in [0.15, 0.2) is 11.6 Å². The van der Waals surface area contributed by atoms with Crippen LogP contribution in [0.2, 0.25) is 5.02 Å². The second kappa shape index (κ2) is 11.8. The lowest BCUT2D eigenvalue weighted by Crippen LogP contribution is -2.54. The minimum atomic E-state index is -0.916. The molecule has 2 fully saturated rings. The zero-order valence-corrected chi connectivity index (χ0v) is 24.3. The molecule has 40 heavy (non-hydrogen) atoms. The fourth-order valence-corrected chi connectivity index (χ4v) is 6.19. The van der Waals surface area contributed by atoms with Gasteiger partial charge in [-0.1, -0.05) is 22.8 Å². The molecule has 0 spiro atoms. The van der Waals surface area contributed by atoms with Crippen LogP contribution in [0.25, 0.3) is 0 Å². The first-order valence-corrected chi connectivity index (χ1v) is 14.3. The highest BCUT2D eigenvalue weighted by Crippen LogP contribution is 2.41. The van der Waals surface area contributed by atoms with Crippen molar-refractivity contribution in [3.8, 4) is 5.75 Å². The van der Waals surface area contributed by atoms with Gasteiger partial charge in [-0.3, -0.25) is 4.90 Å². The monoisotopic (exact) mass is 571 g/mol. The van der Waals surface area contributed by atoms with Crippen LogP contribution < -0.4 is 4.74 Å². The number of benzene rings is 1. The van der Waals surface area contributed by atoms with Crippen molar-refractivity contribution in [3.05, 3.63) is 58.5 Å². The lowest BCUT2D eigenvalue weighted by molar-refractivity contribution is -0.0602. The van der Waals surface area contributed by atoms with Crippen molar-refractivity contribution in [3.63, 3.8) is 0 Å². The number of ether oxygens (including phenoxy) is 2. The number of nitrogens with zero attached hydrogens (tertiary/aromatic N) is 5. The number of hydrogen-bond acceptors (Lipinski definition) is 7. The van der Waals surface area contributed by atoms with Crippen molar-refractivity contribution in [2.24, 2.45) is 7.05 Å². The van der Waals surface area contributed by atoms with Crippen LogP contribution in [0.5, 0.6) is 5.75 Å². The summed E-state index contributed by atoms with van der Waals surface area (Å²) in [5.41, 5.74) is 0.483. The van der Waals surface area contributed by atoms with Crippen molar-refractivity contribution in [1.82, 2.24) is 24.8 Å². The van der Waals surface area contributed by atoms with Gasteiger partial charge in [-0.2, -0.15) is 0 Å². The summed E-state index contributed by atoms with van der Waals surface area (Å²) in [4.78, 5) is 13.3. The summed E-state index contributed by atoms with van der Waals surface area (Å²) in [7, 11) is 1.99. The summed E-state index contributed by atoms with van der Waals surface area (Å²) < 4.78 is 19.7. The zero-order valence-electron chi connectivity index (χ0n) is 23.5. The highest BCUT2D eigenvalue weighted by Gasteiger charge is 2.37. The SMILES string of the molecule is Cn1c(COc2cccc(Cl)c2)nnc1[C@H]1CC[C@H](c2cc([C@@H]3CC[C@@H](N(C(=O)O)C(C)(C)C)CO3)on2)CC1. The van der Waals surface area contributed by atoms with E-state index >= 15 is 0 Å². The van der Waals surface area contributed by atoms with Crippen LogP contribution in [-0.2, 0) is 18.4 Å². The van der Waals surface area contributed by atoms with Crippen molar-refractivity contribution in [2.45, 2.75) is 95.4 Å². The summed E-state index contributed by atoms with van der Waals surface area (Å²) in [6.07, 6.45) is 4.27. The fourth-order valence-electron chi connectivity index (χ4n) is 6.01. The lowest BCUT2D eigenvalue weighted by Gasteiger charge is -2.42. The molecule has 2 atom stereocenters. The van der Waals surface area contributed by atoms with E-state index in [-0.39, 0.29) is 12.1 Å². The average Bonchev–Trinajstić information content (AvgIpc) is 3.54. The Labute approximate surface area is 239 Å².